The minimum Gasteiger partial charge on any atom is -0.337 e. The maximum Gasteiger partial charge on any atom is 0.322 e. The van der Waals surface area contributed by atoms with Gasteiger partial charge >= 0.3 is 6.03 Å². The fraction of sp³-hybridized carbons (Fsp3) is 0.211. The number of hydrogen-bond donors (Lipinski definition) is 1. The van der Waals surface area contributed by atoms with E-state index in [2.05, 4.69) is 15.5 Å². The molecule has 1 atom stereocenters. The van der Waals surface area contributed by atoms with Gasteiger partial charge in [0.15, 0.2) is 0 Å². The maximum atomic E-state index is 13.9. The van der Waals surface area contributed by atoms with Crippen LogP contribution in [0.15, 0.2) is 47.0 Å². The van der Waals surface area contributed by atoms with E-state index in [9.17, 15) is 18.0 Å². The number of anilines is 1. The smallest absolute Gasteiger partial charge is 0.322 e. The van der Waals surface area contributed by atoms with E-state index >= 15 is 0 Å². The van der Waals surface area contributed by atoms with Crippen molar-refractivity contribution in [3.05, 3.63) is 65.8 Å². The zero-order valence-corrected chi connectivity index (χ0v) is 14.5. The molecule has 0 aliphatic carbocycles. The average Bonchev–Trinajstić information content (AvgIpc) is 3.32. The van der Waals surface area contributed by atoms with Gasteiger partial charge in [0, 0.05) is 18.3 Å². The summed E-state index contributed by atoms with van der Waals surface area (Å²) in [5.41, 5.74) is 0.466. The van der Waals surface area contributed by atoms with Crippen molar-refractivity contribution in [2.75, 3.05) is 11.9 Å². The summed E-state index contributed by atoms with van der Waals surface area (Å²) in [6, 6.07) is 7.63. The number of rotatable bonds is 3. The molecule has 0 saturated carbocycles. The third-order valence-corrected chi connectivity index (χ3v) is 4.51. The lowest BCUT2D eigenvalue weighted by Crippen LogP contribution is -2.34. The molecule has 1 N–H and O–H groups in total. The van der Waals surface area contributed by atoms with E-state index in [1.807, 2.05) is 0 Å². The molecule has 28 heavy (non-hydrogen) atoms. The predicted octanol–water partition coefficient (Wildman–Crippen LogP) is 4.52. The van der Waals surface area contributed by atoms with Crippen molar-refractivity contribution in [3.63, 3.8) is 0 Å². The van der Waals surface area contributed by atoms with Crippen molar-refractivity contribution in [3.8, 4) is 11.4 Å². The first kappa shape index (κ1) is 18.0. The lowest BCUT2D eigenvalue weighted by atomic mass is 10.2. The highest BCUT2D eigenvalue weighted by Crippen LogP contribution is 2.33. The van der Waals surface area contributed by atoms with Crippen molar-refractivity contribution in [2.24, 2.45) is 0 Å². The Morgan fingerprint density at radius 2 is 1.86 bits per heavy atom. The first-order valence-corrected chi connectivity index (χ1v) is 8.63. The molecule has 0 spiro atoms. The zero-order chi connectivity index (χ0) is 19.7. The molecular weight excluding hydrogens is 373 g/mol. The Bertz CT molecular complexity index is 1010. The molecule has 1 saturated heterocycles. The predicted molar refractivity (Wildman–Crippen MR) is 93.7 cm³/mol. The third-order valence-electron chi connectivity index (χ3n) is 4.51. The van der Waals surface area contributed by atoms with Crippen LogP contribution in [-0.4, -0.2) is 27.6 Å². The number of halogens is 3. The SMILES string of the molecule is O=C(Nc1ccc(F)cc1)N1CCCC1c1nc(-c2ccc(F)cc2F)no1. The summed E-state index contributed by atoms with van der Waals surface area (Å²) in [6.07, 6.45) is 1.33. The summed E-state index contributed by atoms with van der Waals surface area (Å²) in [6.45, 7) is 0.473. The number of carbonyl (C=O) groups excluding carboxylic acids is 1. The molecule has 144 valence electrons. The Hall–Kier alpha value is -3.36. The van der Waals surface area contributed by atoms with Crippen LogP contribution in [0.3, 0.4) is 0 Å². The first-order valence-electron chi connectivity index (χ1n) is 8.63. The van der Waals surface area contributed by atoms with Gasteiger partial charge in [-0.15, -0.1) is 0 Å². The number of nitrogens with one attached hydrogen (secondary N) is 1. The summed E-state index contributed by atoms with van der Waals surface area (Å²) in [4.78, 5) is 18.3. The number of nitrogens with zero attached hydrogens (tertiary/aromatic N) is 3. The lowest BCUT2D eigenvalue weighted by molar-refractivity contribution is 0.193. The van der Waals surface area contributed by atoms with E-state index in [4.69, 9.17) is 4.52 Å². The molecule has 0 radical (unpaired) electrons. The van der Waals surface area contributed by atoms with Crippen molar-refractivity contribution >= 4 is 11.7 Å². The fourth-order valence-corrected chi connectivity index (χ4v) is 3.15. The van der Waals surface area contributed by atoms with E-state index in [-0.39, 0.29) is 23.3 Å². The van der Waals surface area contributed by atoms with E-state index in [0.717, 1.165) is 18.6 Å². The van der Waals surface area contributed by atoms with E-state index in [1.54, 1.807) is 0 Å². The average molecular weight is 388 g/mol. The normalized spacial score (nSPS) is 16.4. The van der Waals surface area contributed by atoms with Crippen molar-refractivity contribution in [1.82, 2.24) is 15.0 Å². The van der Waals surface area contributed by atoms with Crippen LogP contribution in [0.4, 0.5) is 23.7 Å². The van der Waals surface area contributed by atoms with Crippen molar-refractivity contribution in [1.29, 1.82) is 0 Å². The largest absolute Gasteiger partial charge is 0.337 e. The molecule has 1 fully saturated rings. The zero-order valence-electron chi connectivity index (χ0n) is 14.5. The van der Waals surface area contributed by atoms with Gasteiger partial charge in [-0.1, -0.05) is 5.16 Å². The second kappa shape index (κ2) is 7.34. The van der Waals surface area contributed by atoms with Crippen LogP contribution >= 0.6 is 0 Å². The Morgan fingerprint density at radius 1 is 1.11 bits per heavy atom. The van der Waals surface area contributed by atoms with Gasteiger partial charge in [-0.05, 0) is 49.2 Å². The first-order chi connectivity index (χ1) is 13.5. The number of benzene rings is 2. The van der Waals surface area contributed by atoms with Gasteiger partial charge in [0.25, 0.3) is 0 Å². The number of carbonyl (C=O) groups is 1. The number of hydrogen-bond acceptors (Lipinski definition) is 4. The summed E-state index contributed by atoms with van der Waals surface area (Å²) < 4.78 is 45.3. The van der Waals surface area contributed by atoms with Crippen LogP contribution in [-0.2, 0) is 0 Å². The van der Waals surface area contributed by atoms with Gasteiger partial charge < -0.3 is 14.7 Å². The quantitative estimate of drug-likeness (QED) is 0.716. The van der Waals surface area contributed by atoms with Gasteiger partial charge in [-0.2, -0.15) is 4.98 Å². The molecule has 2 amide bonds. The second-order valence-electron chi connectivity index (χ2n) is 6.37. The molecule has 6 nitrogen and oxygen atoms in total. The summed E-state index contributed by atoms with van der Waals surface area (Å²) >= 11 is 0. The van der Waals surface area contributed by atoms with Crippen LogP contribution in [0, 0.1) is 17.5 Å². The number of urea groups is 1. The minimum atomic E-state index is -0.801. The van der Waals surface area contributed by atoms with Crippen LogP contribution < -0.4 is 5.32 Å². The molecule has 3 aromatic rings. The molecule has 1 unspecified atom stereocenters. The van der Waals surface area contributed by atoms with Crippen molar-refractivity contribution in [2.45, 2.75) is 18.9 Å². The third kappa shape index (κ3) is 3.55. The van der Waals surface area contributed by atoms with Gasteiger partial charge in [0.2, 0.25) is 11.7 Å². The van der Waals surface area contributed by atoms with Crippen LogP contribution in [0.5, 0.6) is 0 Å². The molecule has 4 rings (SSSR count). The molecule has 1 aliphatic heterocycles. The number of aromatic nitrogens is 2. The topological polar surface area (TPSA) is 71.3 Å². The molecule has 9 heteroatoms. The molecule has 2 aromatic carbocycles. The van der Waals surface area contributed by atoms with Crippen molar-refractivity contribution < 1.29 is 22.5 Å². The summed E-state index contributed by atoms with van der Waals surface area (Å²) in [5.74, 6) is -1.75. The molecule has 2 heterocycles. The van der Waals surface area contributed by atoms with Crippen LogP contribution in [0.25, 0.3) is 11.4 Å². The lowest BCUT2D eigenvalue weighted by Gasteiger charge is -2.22. The van der Waals surface area contributed by atoms with Crippen LogP contribution in [0.1, 0.15) is 24.8 Å². The Kier molecular flexibility index (Phi) is 4.72. The monoisotopic (exact) mass is 388 g/mol. The number of likely N-dealkylation sites (tertiary alicyclic amines) is 1. The Balaban J connectivity index is 1.53. The van der Waals surface area contributed by atoms with Gasteiger partial charge in [-0.25, -0.2) is 18.0 Å². The van der Waals surface area contributed by atoms with Gasteiger partial charge in [0.1, 0.15) is 23.5 Å². The highest BCUT2D eigenvalue weighted by Gasteiger charge is 2.34. The second-order valence-corrected chi connectivity index (χ2v) is 6.37. The fourth-order valence-electron chi connectivity index (χ4n) is 3.15. The van der Waals surface area contributed by atoms with E-state index < -0.39 is 23.5 Å². The molecule has 0 bridgehead atoms. The summed E-state index contributed by atoms with van der Waals surface area (Å²) in [7, 11) is 0. The van der Waals surface area contributed by atoms with E-state index in [1.165, 1.54) is 35.2 Å². The van der Waals surface area contributed by atoms with E-state index in [0.29, 0.717) is 18.7 Å². The summed E-state index contributed by atoms with van der Waals surface area (Å²) in [5, 5.41) is 6.45. The number of amides is 2. The van der Waals surface area contributed by atoms with Gasteiger partial charge in [-0.3, -0.25) is 0 Å². The standard InChI is InChI=1S/C19H15F3N4O2/c20-11-3-6-13(7-4-11)23-19(27)26-9-1-2-16(26)18-24-17(25-28-18)14-8-5-12(21)10-15(14)22/h3-8,10,16H,1-2,9H2,(H,23,27). The molecule has 1 aliphatic rings. The van der Waals surface area contributed by atoms with Crippen LogP contribution in [0.2, 0.25) is 0 Å². The maximum absolute atomic E-state index is 13.9. The molecule has 1 aromatic heterocycles. The Morgan fingerprint density at radius 3 is 2.61 bits per heavy atom. The minimum absolute atomic E-state index is 0.0108. The highest BCUT2D eigenvalue weighted by atomic mass is 19.1. The Labute approximate surface area is 158 Å². The van der Waals surface area contributed by atoms with Gasteiger partial charge in [0.05, 0.1) is 5.56 Å². The highest BCUT2D eigenvalue weighted by molar-refractivity contribution is 5.89. The molecular formula is C19H15F3N4O2.